The van der Waals surface area contributed by atoms with Crippen molar-refractivity contribution in [1.29, 1.82) is 0 Å². The standard InChI is InChI=1S/C21H30O5/c1-10-11-5-6-12-20-13(19(2,3)8-7-14(20)22)9-15(26-18(20)25-4)21(12,16(10)23)17(11)24/h11-15,17-18,22,24H,1,5-9H2,2-4H3/t11-,12+,13-,14+,15-,17-,18+,20-,21+/m1/s1. The van der Waals surface area contributed by atoms with Crippen LogP contribution in [0.3, 0.4) is 0 Å². The molecule has 0 aromatic carbocycles. The molecule has 6 rings (SSSR count). The summed E-state index contributed by atoms with van der Waals surface area (Å²) in [6, 6.07) is 0. The van der Waals surface area contributed by atoms with E-state index in [1.54, 1.807) is 7.11 Å². The highest BCUT2D eigenvalue weighted by Gasteiger charge is 2.81. The summed E-state index contributed by atoms with van der Waals surface area (Å²) < 4.78 is 12.1. The van der Waals surface area contributed by atoms with Gasteiger partial charge in [0, 0.05) is 13.0 Å². The predicted octanol–water partition coefficient (Wildman–Crippen LogP) is 2.06. The Hall–Kier alpha value is -0.750. The third-order valence-electron chi connectivity index (χ3n) is 9.03. The molecule has 0 unspecified atom stereocenters. The van der Waals surface area contributed by atoms with Gasteiger partial charge in [0.2, 0.25) is 0 Å². The lowest BCUT2D eigenvalue weighted by Crippen LogP contribution is -2.79. The van der Waals surface area contributed by atoms with Gasteiger partial charge in [0.1, 0.15) is 0 Å². The normalized spacial score (nSPS) is 57.0. The van der Waals surface area contributed by atoms with Crippen molar-refractivity contribution >= 4 is 5.78 Å². The first kappa shape index (κ1) is 17.4. The molecule has 2 N–H and O–H groups in total. The Morgan fingerprint density at radius 1 is 1.19 bits per heavy atom. The molecule has 6 aliphatic rings. The third kappa shape index (κ3) is 1.55. The van der Waals surface area contributed by atoms with Crippen LogP contribution in [0.5, 0.6) is 0 Å². The van der Waals surface area contributed by atoms with E-state index in [0.717, 1.165) is 19.3 Å². The van der Waals surface area contributed by atoms with Crippen LogP contribution in [0, 0.1) is 34.0 Å². The minimum atomic E-state index is -0.945. The average molecular weight is 362 g/mol. The summed E-state index contributed by atoms with van der Waals surface area (Å²) in [5.41, 5.74) is -0.986. The molecule has 9 atom stereocenters. The Balaban J connectivity index is 1.76. The third-order valence-corrected chi connectivity index (χ3v) is 9.03. The number of hydrogen-bond acceptors (Lipinski definition) is 5. The average Bonchev–Trinajstić information content (AvgIpc) is 2.73. The second-order valence-corrected chi connectivity index (χ2v) is 9.99. The molecule has 0 aromatic heterocycles. The lowest BCUT2D eigenvalue weighted by atomic mass is 9.37. The number of aliphatic hydroxyl groups excluding tert-OH is 2. The van der Waals surface area contributed by atoms with E-state index in [2.05, 4.69) is 20.4 Å². The Bertz CT molecular complexity index is 686. The number of rotatable bonds is 1. The zero-order valence-electron chi connectivity index (χ0n) is 15.9. The SMILES string of the molecule is C=C1C(=O)[C@]23[C@H](O)[C@@H]1CC[C@H]2[C@@]12[C@@H](OC)O[C@@H]3C[C@@H]1C(C)(C)CC[C@@H]2O. The minimum Gasteiger partial charge on any atom is -0.392 e. The molecule has 5 nitrogen and oxygen atoms in total. The Kier molecular flexibility index (Phi) is 3.33. The summed E-state index contributed by atoms with van der Waals surface area (Å²) >= 11 is 0. The lowest BCUT2D eigenvalue weighted by Gasteiger charge is -2.72. The summed E-state index contributed by atoms with van der Waals surface area (Å²) in [7, 11) is 1.63. The smallest absolute Gasteiger partial charge is 0.170 e. The van der Waals surface area contributed by atoms with E-state index in [9.17, 15) is 15.0 Å². The van der Waals surface area contributed by atoms with Crippen LogP contribution < -0.4 is 0 Å². The zero-order chi connectivity index (χ0) is 18.6. The molecule has 5 heteroatoms. The van der Waals surface area contributed by atoms with Crippen molar-refractivity contribution in [3.63, 3.8) is 0 Å². The predicted molar refractivity (Wildman–Crippen MR) is 94.0 cm³/mol. The number of ketones is 1. The van der Waals surface area contributed by atoms with E-state index in [-0.39, 0.29) is 35.1 Å². The largest absolute Gasteiger partial charge is 0.392 e. The molecule has 6 fully saturated rings. The molecular weight excluding hydrogens is 332 g/mol. The van der Waals surface area contributed by atoms with Crippen molar-refractivity contribution in [2.24, 2.45) is 34.0 Å². The van der Waals surface area contributed by atoms with E-state index < -0.39 is 29.3 Å². The Morgan fingerprint density at radius 2 is 1.92 bits per heavy atom. The van der Waals surface area contributed by atoms with Gasteiger partial charge >= 0.3 is 0 Å². The molecular formula is C21H30O5. The highest BCUT2D eigenvalue weighted by atomic mass is 16.7. The zero-order valence-corrected chi connectivity index (χ0v) is 15.9. The molecule has 2 heterocycles. The van der Waals surface area contributed by atoms with Gasteiger partial charge in [-0.05, 0) is 54.9 Å². The molecule has 4 bridgehead atoms. The van der Waals surface area contributed by atoms with Gasteiger partial charge < -0.3 is 19.7 Å². The van der Waals surface area contributed by atoms with Crippen molar-refractivity contribution in [3.05, 3.63) is 12.2 Å². The van der Waals surface area contributed by atoms with Crippen LogP contribution >= 0.6 is 0 Å². The lowest BCUT2D eigenvalue weighted by molar-refractivity contribution is -0.405. The summed E-state index contributed by atoms with van der Waals surface area (Å²) in [5, 5.41) is 22.6. The van der Waals surface area contributed by atoms with E-state index in [0.29, 0.717) is 18.4 Å². The van der Waals surface area contributed by atoms with E-state index in [1.165, 1.54) is 0 Å². The molecule has 2 spiro atoms. The maximum atomic E-state index is 13.4. The number of fused-ring (bicyclic) bond motifs is 2. The molecule has 0 aromatic rings. The summed E-state index contributed by atoms with van der Waals surface area (Å²) in [6.07, 6.45) is 1.68. The highest BCUT2D eigenvalue weighted by molar-refractivity contribution is 6.04. The molecule has 0 radical (unpaired) electrons. The fourth-order valence-electron chi connectivity index (χ4n) is 8.04. The van der Waals surface area contributed by atoms with Crippen LogP contribution in [0.15, 0.2) is 12.2 Å². The van der Waals surface area contributed by atoms with Gasteiger partial charge in [0.05, 0.1) is 29.1 Å². The second kappa shape index (κ2) is 4.99. The number of ether oxygens (including phenoxy) is 2. The van der Waals surface area contributed by atoms with Gasteiger partial charge in [-0.15, -0.1) is 0 Å². The van der Waals surface area contributed by atoms with Crippen LogP contribution in [-0.2, 0) is 14.3 Å². The van der Waals surface area contributed by atoms with Crippen molar-refractivity contribution in [1.82, 2.24) is 0 Å². The van der Waals surface area contributed by atoms with Gasteiger partial charge in [-0.1, -0.05) is 20.4 Å². The first-order chi connectivity index (χ1) is 12.2. The van der Waals surface area contributed by atoms with Gasteiger partial charge in [-0.25, -0.2) is 0 Å². The number of Topliss-reactive ketones (excluding diaryl/α,β-unsaturated/α-hetero) is 1. The molecule has 4 aliphatic carbocycles. The first-order valence-corrected chi connectivity index (χ1v) is 10.0. The fraction of sp³-hybridized carbons (Fsp3) is 0.857. The summed E-state index contributed by atoms with van der Waals surface area (Å²) in [5.74, 6) is -0.0924. The molecule has 2 saturated heterocycles. The van der Waals surface area contributed by atoms with Crippen molar-refractivity contribution in [2.45, 2.75) is 70.6 Å². The van der Waals surface area contributed by atoms with Crippen LogP contribution in [-0.4, -0.2) is 47.7 Å². The van der Waals surface area contributed by atoms with Crippen LogP contribution in [0.2, 0.25) is 0 Å². The quantitative estimate of drug-likeness (QED) is 0.699. The maximum absolute atomic E-state index is 13.4. The fourth-order valence-corrected chi connectivity index (χ4v) is 8.04. The second-order valence-electron chi connectivity index (χ2n) is 9.99. The van der Waals surface area contributed by atoms with Gasteiger partial charge in [0.15, 0.2) is 12.1 Å². The summed E-state index contributed by atoms with van der Waals surface area (Å²) in [4.78, 5) is 13.4. The van der Waals surface area contributed by atoms with Crippen molar-refractivity contribution in [3.8, 4) is 0 Å². The van der Waals surface area contributed by atoms with Crippen LogP contribution in [0.4, 0.5) is 0 Å². The van der Waals surface area contributed by atoms with E-state index in [1.807, 2.05) is 0 Å². The Labute approximate surface area is 154 Å². The number of hydrogen-bond donors (Lipinski definition) is 2. The number of methoxy groups -OCH3 is 1. The number of carbonyl (C=O) groups is 1. The molecule has 144 valence electrons. The van der Waals surface area contributed by atoms with E-state index >= 15 is 0 Å². The molecule has 4 saturated carbocycles. The van der Waals surface area contributed by atoms with Crippen LogP contribution in [0.1, 0.15) is 46.0 Å². The van der Waals surface area contributed by atoms with Gasteiger partial charge in [0.25, 0.3) is 0 Å². The monoisotopic (exact) mass is 362 g/mol. The summed E-state index contributed by atoms with van der Waals surface area (Å²) in [6.45, 7) is 8.56. The van der Waals surface area contributed by atoms with Gasteiger partial charge in [-0.2, -0.15) is 0 Å². The molecule has 2 aliphatic heterocycles. The van der Waals surface area contributed by atoms with Crippen LogP contribution in [0.25, 0.3) is 0 Å². The van der Waals surface area contributed by atoms with Gasteiger partial charge in [-0.3, -0.25) is 4.79 Å². The Morgan fingerprint density at radius 3 is 2.62 bits per heavy atom. The maximum Gasteiger partial charge on any atom is 0.170 e. The topological polar surface area (TPSA) is 76.0 Å². The number of carbonyl (C=O) groups excluding carboxylic acids is 1. The van der Waals surface area contributed by atoms with Crippen molar-refractivity contribution in [2.75, 3.05) is 7.11 Å². The molecule has 26 heavy (non-hydrogen) atoms. The van der Waals surface area contributed by atoms with E-state index in [4.69, 9.17) is 9.47 Å². The molecule has 0 amide bonds. The number of aliphatic hydroxyl groups is 2. The highest BCUT2D eigenvalue weighted by Crippen LogP contribution is 2.75. The minimum absolute atomic E-state index is 0.0227. The van der Waals surface area contributed by atoms with Crippen molar-refractivity contribution < 1.29 is 24.5 Å². The first-order valence-electron chi connectivity index (χ1n) is 10.0.